The lowest BCUT2D eigenvalue weighted by Crippen LogP contribution is -2.47. The van der Waals surface area contributed by atoms with E-state index in [0.717, 1.165) is 23.3 Å². The maximum Gasteiger partial charge on any atom is 0.139 e. The van der Waals surface area contributed by atoms with E-state index >= 15 is 0 Å². The number of phenols is 1. The minimum absolute atomic E-state index is 0.0847. The monoisotopic (exact) mass is 432 g/mol. The first kappa shape index (κ1) is 24.4. The molecule has 6 N–H and O–H groups in total. The number of aryl methyl sites for hydroxylation is 1. The predicted molar refractivity (Wildman–Crippen MR) is 123 cm³/mol. The maximum absolute atomic E-state index is 12.4. The smallest absolute Gasteiger partial charge is 0.139 e. The van der Waals surface area contributed by atoms with Crippen molar-refractivity contribution >= 4 is 29.0 Å². The van der Waals surface area contributed by atoms with E-state index in [0.29, 0.717) is 30.8 Å². The number of quaternary nitrogens is 1. The fourth-order valence-electron chi connectivity index (χ4n) is 3.22. The Morgan fingerprint density at radius 2 is 1.61 bits per heavy atom. The Hall–Kier alpha value is -2.85. The van der Waals surface area contributed by atoms with Crippen LogP contribution < -0.4 is 16.0 Å². The molecule has 0 amide bonds. The standard InChI is InChI=1S/C22H32N4O5/c1-17-15-21(20(16-22(17)30)24-8-12-27)25-19-5-3-18(4-6-19)23-7-2-9-26(31,10-13-28)11-14-29/h3-6,12,15-16,23-25,28-30H,2,7-11,13-14H2,1H3. The van der Waals surface area contributed by atoms with Crippen LogP contribution in [-0.4, -0.2) is 72.2 Å². The van der Waals surface area contributed by atoms with E-state index in [1.54, 1.807) is 19.1 Å². The van der Waals surface area contributed by atoms with Crippen molar-refractivity contribution in [1.82, 2.24) is 0 Å². The van der Waals surface area contributed by atoms with Crippen molar-refractivity contribution in [2.45, 2.75) is 13.3 Å². The molecule has 2 aromatic rings. The summed E-state index contributed by atoms with van der Waals surface area (Å²) in [7, 11) is 0. The molecule has 0 spiro atoms. The van der Waals surface area contributed by atoms with E-state index < -0.39 is 4.65 Å². The first-order valence-corrected chi connectivity index (χ1v) is 10.3. The Morgan fingerprint density at radius 1 is 0.968 bits per heavy atom. The molecule has 0 aliphatic carbocycles. The van der Waals surface area contributed by atoms with Gasteiger partial charge in [0.05, 0.1) is 37.7 Å². The van der Waals surface area contributed by atoms with Crippen molar-refractivity contribution in [3.63, 3.8) is 0 Å². The van der Waals surface area contributed by atoms with E-state index in [9.17, 15) is 15.1 Å². The summed E-state index contributed by atoms with van der Waals surface area (Å²) in [6, 6.07) is 11.0. The summed E-state index contributed by atoms with van der Waals surface area (Å²) in [6.07, 6.45) is 1.37. The summed E-state index contributed by atoms with van der Waals surface area (Å²) in [6.45, 7) is 2.64. The Balaban J connectivity index is 1.92. The van der Waals surface area contributed by atoms with Crippen LogP contribution in [0.5, 0.6) is 5.75 Å². The third-order valence-corrected chi connectivity index (χ3v) is 4.96. The summed E-state index contributed by atoms with van der Waals surface area (Å²) < 4.78 is -0.593. The first-order chi connectivity index (χ1) is 14.9. The molecule has 170 valence electrons. The number of hydroxylamine groups is 3. The molecule has 0 heterocycles. The number of nitrogens with one attached hydrogen (secondary N) is 3. The van der Waals surface area contributed by atoms with Gasteiger partial charge in [-0.15, -0.1) is 0 Å². The van der Waals surface area contributed by atoms with Crippen LogP contribution in [0.4, 0.5) is 22.7 Å². The zero-order valence-electron chi connectivity index (χ0n) is 17.8. The summed E-state index contributed by atoms with van der Waals surface area (Å²) in [5.74, 6) is 0.150. The van der Waals surface area contributed by atoms with Crippen LogP contribution in [0.1, 0.15) is 12.0 Å². The molecule has 2 rings (SSSR count). The largest absolute Gasteiger partial charge is 0.633 e. The van der Waals surface area contributed by atoms with Crippen molar-refractivity contribution in [2.75, 3.05) is 61.9 Å². The highest BCUT2D eigenvalue weighted by molar-refractivity contribution is 5.78. The molecule has 31 heavy (non-hydrogen) atoms. The van der Waals surface area contributed by atoms with E-state index in [2.05, 4.69) is 16.0 Å². The lowest BCUT2D eigenvalue weighted by atomic mass is 10.1. The van der Waals surface area contributed by atoms with Crippen LogP contribution in [0.15, 0.2) is 36.4 Å². The van der Waals surface area contributed by atoms with Gasteiger partial charge in [0, 0.05) is 30.4 Å². The zero-order chi connectivity index (χ0) is 22.7. The molecule has 9 nitrogen and oxygen atoms in total. The lowest BCUT2D eigenvalue weighted by molar-refractivity contribution is -0.881. The van der Waals surface area contributed by atoms with Gasteiger partial charge in [0.2, 0.25) is 0 Å². The van der Waals surface area contributed by atoms with Gasteiger partial charge in [0.15, 0.2) is 0 Å². The van der Waals surface area contributed by atoms with Gasteiger partial charge in [-0.3, -0.25) is 0 Å². The first-order valence-electron chi connectivity index (χ1n) is 10.3. The Labute approximate surface area is 182 Å². The van der Waals surface area contributed by atoms with Gasteiger partial charge in [0.1, 0.15) is 25.1 Å². The molecule has 0 aromatic heterocycles. The highest BCUT2D eigenvalue weighted by atomic mass is 16.5. The number of hydrogen-bond acceptors (Lipinski definition) is 8. The van der Waals surface area contributed by atoms with Gasteiger partial charge in [-0.2, -0.15) is 0 Å². The number of carbonyl (C=O) groups is 1. The van der Waals surface area contributed by atoms with Crippen molar-refractivity contribution < 1.29 is 24.8 Å². The minimum atomic E-state index is -0.593. The molecular formula is C22H32N4O5. The molecule has 0 bridgehead atoms. The number of aliphatic hydroxyl groups is 2. The molecule has 0 aliphatic heterocycles. The topological polar surface area (TPSA) is 137 Å². The fourth-order valence-corrected chi connectivity index (χ4v) is 3.22. The van der Waals surface area contributed by atoms with Crippen LogP contribution in [0.3, 0.4) is 0 Å². The Kier molecular flexibility index (Phi) is 9.54. The number of aliphatic hydroxyl groups excluding tert-OH is 2. The summed E-state index contributed by atoms with van der Waals surface area (Å²) in [5, 5.41) is 49.9. The van der Waals surface area contributed by atoms with Crippen molar-refractivity contribution in [3.8, 4) is 5.75 Å². The number of hydrogen-bond donors (Lipinski definition) is 6. The summed E-state index contributed by atoms with van der Waals surface area (Å²) in [4.78, 5) is 10.7. The number of carbonyl (C=O) groups excluding carboxylic acids is 1. The van der Waals surface area contributed by atoms with E-state index in [-0.39, 0.29) is 38.6 Å². The molecule has 0 fully saturated rings. The SMILES string of the molecule is Cc1cc(Nc2ccc(NCCC[N+]([O-])(CCO)CCO)cc2)c(NCC=O)cc1O. The normalized spacial score (nSPS) is 11.2. The number of benzene rings is 2. The van der Waals surface area contributed by atoms with Crippen LogP contribution >= 0.6 is 0 Å². The molecule has 2 aromatic carbocycles. The van der Waals surface area contributed by atoms with Gasteiger partial charge in [-0.05, 0) is 42.8 Å². The van der Waals surface area contributed by atoms with E-state index in [4.69, 9.17) is 10.2 Å². The molecule has 0 aliphatic rings. The van der Waals surface area contributed by atoms with Crippen molar-refractivity contribution in [2.24, 2.45) is 0 Å². The number of anilines is 4. The molecule has 0 saturated heterocycles. The molecule has 0 atom stereocenters. The van der Waals surface area contributed by atoms with Crippen molar-refractivity contribution in [1.29, 1.82) is 0 Å². The van der Waals surface area contributed by atoms with Gasteiger partial charge in [-0.1, -0.05) is 0 Å². The fraction of sp³-hybridized carbons (Fsp3) is 0.409. The number of aromatic hydroxyl groups is 1. The quantitative estimate of drug-likeness (QED) is 0.0878. The van der Waals surface area contributed by atoms with Gasteiger partial charge >= 0.3 is 0 Å². The second-order valence-electron chi connectivity index (χ2n) is 7.39. The van der Waals surface area contributed by atoms with Crippen LogP contribution in [0.2, 0.25) is 0 Å². The second kappa shape index (κ2) is 12.1. The van der Waals surface area contributed by atoms with Gasteiger partial charge in [-0.25, -0.2) is 0 Å². The summed E-state index contributed by atoms with van der Waals surface area (Å²) >= 11 is 0. The second-order valence-corrected chi connectivity index (χ2v) is 7.39. The van der Waals surface area contributed by atoms with Gasteiger partial charge < -0.3 is 45.9 Å². The van der Waals surface area contributed by atoms with E-state index in [1.807, 2.05) is 24.3 Å². The Bertz CT molecular complexity index is 823. The summed E-state index contributed by atoms with van der Waals surface area (Å²) in [5.41, 5.74) is 3.83. The number of phenolic OH excluding ortho intramolecular Hbond substituents is 1. The molecule has 0 radical (unpaired) electrons. The minimum Gasteiger partial charge on any atom is -0.633 e. The average molecular weight is 433 g/mol. The van der Waals surface area contributed by atoms with E-state index in [1.165, 1.54) is 0 Å². The predicted octanol–water partition coefficient (Wildman–Crippen LogP) is 2.16. The Morgan fingerprint density at radius 3 is 2.23 bits per heavy atom. The van der Waals surface area contributed by atoms with Crippen LogP contribution in [0, 0.1) is 12.1 Å². The number of nitrogens with zero attached hydrogens (tertiary/aromatic N) is 1. The molecule has 0 saturated carbocycles. The average Bonchev–Trinajstić information content (AvgIpc) is 2.74. The van der Waals surface area contributed by atoms with Crippen LogP contribution in [-0.2, 0) is 4.79 Å². The maximum atomic E-state index is 12.4. The number of aldehydes is 1. The third-order valence-electron chi connectivity index (χ3n) is 4.96. The molecule has 0 unspecified atom stereocenters. The van der Waals surface area contributed by atoms with Crippen LogP contribution in [0.25, 0.3) is 0 Å². The molecule has 9 heteroatoms. The lowest BCUT2D eigenvalue weighted by Gasteiger charge is -2.42. The third kappa shape index (κ3) is 7.72. The van der Waals surface area contributed by atoms with Crippen molar-refractivity contribution in [3.05, 3.63) is 47.2 Å². The van der Waals surface area contributed by atoms with Gasteiger partial charge in [0.25, 0.3) is 0 Å². The number of rotatable bonds is 14. The highest BCUT2D eigenvalue weighted by Gasteiger charge is 2.15. The highest BCUT2D eigenvalue weighted by Crippen LogP contribution is 2.32. The molecular weight excluding hydrogens is 400 g/mol. The zero-order valence-corrected chi connectivity index (χ0v) is 17.8.